The zero-order valence-electron chi connectivity index (χ0n) is 13.7. The SMILES string of the molecule is C[C@H](OC(=O)C1C[C@@H]2CCC[C@@H](C1)C2=O)C(=O)c1ccc(Cl)cc1. The lowest BCUT2D eigenvalue weighted by molar-refractivity contribution is -0.155. The number of Topliss-reactive ketones (excluding diaryl/α,β-unsaturated/α-hetero) is 2. The molecule has 2 aliphatic rings. The molecule has 128 valence electrons. The van der Waals surface area contributed by atoms with E-state index in [1.807, 2.05) is 0 Å². The van der Waals surface area contributed by atoms with Crippen molar-refractivity contribution in [2.75, 3.05) is 0 Å². The van der Waals surface area contributed by atoms with E-state index in [1.54, 1.807) is 31.2 Å². The number of carbonyl (C=O) groups is 3. The first-order valence-corrected chi connectivity index (χ1v) is 8.87. The number of halogens is 1. The lowest BCUT2D eigenvalue weighted by Gasteiger charge is -2.36. The van der Waals surface area contributed by atoms with Crippen LogP contribution in [0.1, 0.15) is 49.4 Å². The molecule has 2 saturated carbocycles. The fourth-order valence-electron chi connectivity index (χ4n) is 3.84. The molecule has 0 heterocycles. The van der Waals surface area contributed by atoms with Crippen molar-refractivity contribution in [3.8, 4) is 0 Å². The summed E-state index contributed by atoms with van der Waals surface area (Å²) in [7, 11) is 0. The molecule has 0 N–H and O–H groups in total. The van der Waals surface area contributed by atoms with Crippen LogP contribution in [0.25, 0.3) is 0 Å². The summed E-state index contributed by atoms with van der Waals surface area (Å²) in [6.45, 7) is 1.59. The molecule has 0 spiro atoms. The van der Waals surface area contributed by atoms with Crippen molar-refractivity contribution in [3.05, 3.63) is 34.9 Å². The van der Waals surface area contributed by atoms with Crippen LogP contribution in [-0.2, 0) is 14.3 Å². The topological polar surface area (TPSA) is 60.4 Å². The predicted octanol–water partition coefficient (Wildman–Crippen LogP) is 3.85. The number of hydrogen-bond donors (Lipinski definition) is 0. The number of carbonyl (C=O) groups excluding carboxylic acids is 3. The van der Waals surface area contributed by atoms with Crippen LogP contribution in [0.2, 0.25) is 5.02 Å². The first-order chi connectivity index (χ1) is 11.5. The summed E-state index contributed by atoms with van der Waals surface area (Å²) in [5, 5.41) is 0.551. The van der Waals surface area contributed by atoms with Gasteiger partial charge in [-0.3, -0.25) is 14.4 Å². The fraction of sp³-hybridized carbons (Fsp3) is 0.526. The van der Waals surface area contributed by atoms with Gasteiger partial charge in [-0.05, 0) is 56.9 Å². The van der Waals surface area contributed by atoms with Crippen LogP contribution >= 0.6 is 11.6 Å². The van der Waals surface area contributed by atoms with Gasteiger partial charge in [0.15, 0.2) is 6.10 Å². The van der Waals surface area contributed by atoms with Crippen molar-refractivity contribution in [1.29, 1.82) is 0 Å². The van der Waals surface area contributed by atoms with Gasteiger partial charge < -0.3 is 4.74 Å². The van der Waals surface area contributed by atoms with Crippen LogP contribution in [0, 0.1) is 17.8 Å². The Morgan fingerprint density at radius 3 is 2.29 bits per heavy atom. The molecular formula is C19H21ClO4. The van der Waals surface area contributed by atoms with Crippen LogP contribution in [0.3, 0.4) is 0 Å². The van der Waals surface area contributed by atoms with Gasteiger partial charge in [0.05, 0.1) is 5.92 Å². The van der Waals surface area contributed by atoms with Gasteiger partial charge in [-0.25, -0.2) is 0 Å². The third-order valence-corrected chi connectivity index (χ3v) is 5.42. The van der Waals surface area contributed by atoms with Gasteiger partial charge in [0.1, 0.15) is 5.78 Å². The highest BCUT2D eigenvalue weighted by Crippen LogP contribution is 2.40. The molecule has 1 aromatic carbocycles. The molecular weight excluding hydrogens is 328 g/mol. The summed E-state index contributed by atoms with van der Waals surface area (Å²) in [5.74, 6) is -0.551. The van der Waals surface area contributed by atoms with Crippen LogP contribution in [0.5, 0.6) is 0 Å². The van der Waals surface area contributed by atoms with Crippen molar-refractivity contribution < 1.29 is 19.1 Å². The first-order valence-electron chi connectivity index (χ1n) is 8.49. The standard InChI is InChI=1S/C19H21ClO4/c1-11(17(21)12-5-7-16(20)8-6-12)24-19(23)15-9-13-3-2-4-14(10-15)18(13)22/h5-8,11,13-15H,2-4,9-10H2,1H3/t11-,13-,14-/m0/s1. The minimum atomic E-state index is -0.837. The summed E-state index contributed by atoms with van der Waals surface area (Å²) < 4.78 is 5.40. The van der Waals surface area contributed by atoms with E-state index in [0.717, 1.165) is 19.3 Å². The maximum atomic E-state index is 12.4. The number of benzene rings is 1. The number of rotatable bonds is 4. The summed E-state index contributed by atoms with van der Waals surface area (Å²) in [6.07, 6.45) is 3.10. The highest BCUT2D eigenvalue weighted by molar-refractivity contribution is 6.30. The van der Waals surface area contributed by atoms with Gasteiger partial charge in [0, 0.05) is 22.4 Å². The Morgan fingerprint density at radius 1 is 1.12 bits per heavy atom. The van der Waals surface area contributed by atoms with E-state index < -0.39 is 6.10 Å². The second-order valence-corrected chi connectivity index (χ2v) is 7.28. The Labute approximate surface area is 146 Å². The van der Waals surface area contributed by atoms with E-state index in [4.69, 9.17) is 16.3 Å². The van der Waals surface area contributed by atoms with E-state index >= 15 is 0 Å². The van der Waals surface area contributed by atoms with Crippen LogP contribution < -0.4 is 0 Å². The average Bonchev–Trinajstić information content (AvgIpc) is 2.54. The average molecular weight is 349 g/mol. The van der Waals surface area contributed by atoms with E-state index in [1.165, 1.54) is 0 Å². The third kappa shape index (κ3) is 3.54. The Morgan fingerprint density at radius 2 is 1.71 bits per heavy atom. The lowest BCUT2D eigenvalue weighted by atomic mass is 9.67. The maximum Gasteiger partial charge on any atom is 0.309 e. The molecule has 3 rings (SSSR count). The van der Waals surface area contributed by atoms with Gasteiger partial charge >= 0.3 is 5.97 Å². The van der Waals surface area contributed by atoms with E-state index in [2.05, 4.69) is 0 Å². The highest BCUT2D eigenvalue weighted by Gasteiger charge is 2.42. The first kappa shape index (κ1) is 17.2. The molecule has 0 radical (unpaired) electrons. The van der Waals surface area contributed by atoms with Crippen molar-refractivity contribution >= 4 is 29.1 Å². The van der Waals surface area contributed by atoms with Crippen LogP contribution in [0.4, 0.5) is 0 Å². The largest absolute Gasteiger partial charge is 0.454 e. The van der Waals surface area contributed by atoms with Gasteiger partial charge in [-0.1, -0.05) is 18.0 Å². The van der Waals surface area contributed by atoms with Crippen molar-refractivity contribution in [1.82, 2.24) is 0 Å². The quantitative estimate of drug-likeness (QED) is 0.612. The normalized spacial score (nSPS) is 27.4. The molecule has 1 aromatic rings. The summed E-state index contributed by atoms with van der Waals surface area (Å²) >= 11 is 5.82. The lowest BCUT2D eigenvalue weighted by Crippen LogP contribution is -2.40. The second kappa shape index (κ2) is 7.06. The molecule has 5 heteroatoms. The van der Waals surface area contributed by atoms with Crippen molar-refractivity contribution in [2.24, 2.45) is 17.8 Å². The summed E-state index contributed by atoms with van der Waals surface area (Å²) in [4.78, 5) is 36.9. The molecule has 3 atom stereocenters. The molecule has 2 aliphatic carbocycles. The smallest absolute Gasteiger partial charge is 0.309 e. The summed E-state index contributed by atoms with van der Waals surface area (Å²) in [6, 6.07) is 6.52. The minimum absolute atomic E-state index is 0.00248. The molecule has 4 nitrogen and oxygen atoms in total. The zero-order valence-corrected chi connectivity index (χ0v) is 14.4. The summed E-state index contributed by atoms with van der Waals surface area (Å²) in [5.41, 5.74) is 0.468. The molecule has 2 bridgehead atoms. The third-order valence-electron chi connectivity index (χ3n) is 5.17. The molecule has 0 aromatic heterocycles. The van der Waals surface area contributed by atoms with Gasteiger partial charge in [-0.2, -0.15) is 0 Å². The molecule has 0 saturated heterocycles. The molecule has 0 amide bonds. The number of fused-ring (bicyclic) bond motifs is 2. The molecule has 0 unspecified atom stereocenters. The zero-order chi connectivity index (χ0) is 17.3. The van der Waals surface area contributed by atoms with Crippen LogP contribution in [0.15, 0.2) is 24.3 Å². The van der Waals surface area contributed by atoms with Gasteiger partial charge in [0.2, 0.25) is 5.78 Å². The highest BCUT2D eigenvalue weighted by atomic mass is 35.5. The number of ketones is 2. The Hall–Kier alpha value is -1.68. The molecule has 2 fully saturated rings. The van der Waals surface area contributed by atoms with E-state index in [0.29, 0.717) is 29.2 Å². The van der Waals surface area contributed by atoms with E-state index in [9.17, 15) is 14.4 Å². The monoisotopic (exact) mass is 348 g/mol. The second-order valence-electron chi connectivity index (χ2n) is 6.85. The maximum absolute atomic E-state index is 12.4. The number of ether oxygens (including phenoxy) is 1. The van der Waals surface area contributed by atoms with Crippen molar-refractivity contribution in [2.45, 2.75) is 45.1 Å². The fourth-order valence-corrected chi connectivity index (χ4v) is 3.97. The number of hydrogen-bond acceptors (Lipinski definition) is 4. The minimum Gasteiger partial charge on any atom is -0.454 e. The Bertz CT molecular complexity index is 636. The van der Waals surface area contributed by atoms with Crippen molar-refractivity contribution in [3.63, 3.8) is 0 Å². The van der Waals surface area contributed by atoms with Gasteiger partial charge in [0.25, 0.3) is 0 Å². The number of esters is 1. The van der Waals surface area contributed by atoms with E-state index in [-0.39, 0.29) is 29.5 Å². The Kier molecular flexibility index (Phi) is 5.04. The molecule has 24 heavy (non-hydrogen) atoms. The molecule has 0 aliphatic heterocycles. The van der Waals surface area contributed by atoms with Crippen LogP contribution in [-0.4, -0.2) is 23.6 Å². The predicted molar refractivity (Wildman–Crippen MR) is 89.9 cm³/mol. The Balaban J connectivity index is 1.61. The van der Waals surface area contributed by atoms with Gasteiger partial charge in [-0.15, -0.1) is 0 Å².